The molecule has 2 heterocycles. The zero-order valence-corrected chi connectivity index (χ0v) is 14.5. The molecule has 1 N–H and O–H groups in total. The quantitative estimate of drug-likeness (QED) is 0.598. The Morgan fingerprint density at radius 3 is 2.52 bits per heavy atom. The first-order chi connectivity index (χ1) is 13.2. The van der Waals surface area contributed by atoms with E-state index in [1.807, 2.05) is 18.2 Å². The van der Waals surface area contributed by atoms with Crippen LogP contribution in [0.4, 0.5) is 5.69 Å². The van der Waals surface area contributed by atoms with Crippen molar-refractivity contribution in [3.8, 4) is 22.8 Å². The van der Waals surface area contributed by atoms with Crippen LogP contribution in [0.5, 0.6) is 0 Å². The summed E-state index contributed by atoms with van der Waals surface area (Å²) in [7, 11) is 0. The van der Waals surface area contributed by atoms with Crippen molar-refractivity contribution in [3.05, 3.63) is 78.4 Å². The number of nitrogens with one attached hydrogen (secondary N) is 1. The summed E-state index contributed by atoms with van der Waals surface area (Å²) in [6, 6.07) is 16.2. The standard InChI is InChI=1S/C20H15N5O2/c1-13-23-20(27-25-13)16-7-3-8-17(12-16)24-19(26)15-6-2-5-14(11-15)18-21-9-4-10-22-18/h2-12H,1H3,(H,24,26). The Balaban J connectivity index is 1.56. The van der Waals surface area contributed by atoms with E-state index in [1.54, 1.807) is 55.7 Å². The Morgan fingerprint density at radius 2 is 1.74 bits per heavy atom. The van der Waals surface area contributed by atoms with Crippen LogP contribution in [0.25, 0.3) is 22.8 Å². The topological polar surface area (TPSA) is 93.8 Å². The van der Waals surface area contributed by atoms with Crippen LogP contribution in [0.3, 0.4) is 0 Å². The van der Waals surface area contributed by atoms with Gasteiger partial charge < -0.3 is 9.84 Å². The Hall–Kier alpha value is -3.87. The van der Waals surface area contributed by atoms with Crippen LogP contribution in [0.15, 0.2) is 71.5 Å². The normalized spacial score (nSPS) is 10.6. The molecule has 0 spiro atoms. The van der Waals surface area contributed by atoms with Gasteiger partial charge in [0.15, 0.2) is 11.6 Å². The van der Waals surface area contributed by atoms with Gasteiger partial charge in [-0.3, -0.25) is 4.79 Å². The zero-order valence-electron chi connectivity index (χ0n) is 14.5. The van der Waals surface area contributed by atoms with Gasteiger partial charge in [-0.25, -0.2) is 9.97 Å². The minimum atomic E-state index is -0.230. The largest absolute Gasteiger partial charge is 0.334 e. The summed E-state index contributed by atoms with van der Waals surface area (Å²) < 4.78 is 5.17. The number of hydrogen-bond donors (Lipinski definition) is 1. The number of amides is 1. The smallest absolute Gasteiger partial charge is 0.257 e. The number of nitrogens with zero attached hydrogens (tertiary/aromatic N) is 4. The Kier molecular flexibility index (Phi) is 4.40. The molecule has 132 valence electrons. The number of hydrogen-bond acceptors (Lipinski definition) is 6. The van der Waals surface area contributed by atoms with Crippen molar-refractivity contribution in [2.45, 2.75) is 6.92 Å². The van der Waals surface area contributed by atoms with Crippen LogP contribution in [0.2, 0.25) is 0 Å². The second-order valence-electron chi connectivity index (χ2n) is 5.83. The van der Waals surface area contributed by atoms with Crippen LogP contribution >= 0.6 is 0 Å². The fourth-order valence-electron chi connectivity index (χ4n) is 2.60. The van der Waals surface area contributed by atoms with Crippen molar-refractivity contribution in [1.29, 1.82) is 0 Å². The molecule has 0 aliphatic rings. The molecular weight excluding hydrogens is 342 g/mol. The van der Waals surface area contributed by atoms with E-state index < -0.39 is 0 Å². The molecule has 27 heavy (non-hydrogen) atoms. The first-order valence-electron chi connectivity index (χ1n) is 8.28. The molecule has 4 rings (SSSR count). The predicted octanol–water partition coefficient (Wildman–Crippen LogP) is 3.75. The molecule has 7 heteroatoms. The molecule has 0 aliphatic heterocycles. The molecule has 2 aromatic carbocycles. The maximum absolute atomic E-state index is 12.6. The van der Waals surface area contributed by atoms with Gasteiger partial charge in [0.25, 0.3) is 11.8 Å². The van der Waals surface area contributed by atoms with Gasteiger partial charge in [-0.15, -0.1) is 0 Å². The molecule has 7 nitrogen and oxygen atoms in total. The van der Waals surface area contributed by atoms with Gasteiger partial charge in [0, 0.05) is 34.8 Å². The number of rotatable bonds is 4. The van der Waals surface area contributed by atoms with Crippen molar-refractivity contribution >= 4 is 11.6 Å². The second-order valence-corrected chi connectivity index (χ2v) is 5.83. The van der Waals surface area contributed by atoms with Gasteiger partial charge >= 0.3 is 0 Å². The Labute approximate surface area is 155 Å². The van der Waals surface area contributed by atoms with E-state index in [2.05, 4.69) is 25.4 Å². The fraction of sp³-hybridized carbons (Fsp3) is 0.0500. The van der Waals surface area contributed by atoms with E-state index in [1.165, 1.54) is 0 Å². The molecule has 0 aliphatic carbocycles. The van der Waals surface area contributed by atoms with E-state index in [0.29, 0.717) is 28.8 Å². The lowest BCUT2D eigenvalue weighted by Gasteiger charge is -2.07. The molecular formula is C20H15N5O2. The van der Waals surface area contributed by atoms with E-state index in [-0.39, 0.29) is 5.91 Å². The van der Waals surface area contributed by atoms with Crippen LogP contribution in [-0.4, -0.2) is 26.0 Å². The summed E-state index contributed by atoms with van der Waals surface area (Å²) in [4.78, 5) is 25.3. The predicted molar refractivity (Wildman–Crippen MR) is 99.9 cm³/mol. The maximum atomic E-state index is 12.6. The second kappa shape index (κ2) is 7.17. The van der Waals surface area contributed by atoms with Gasteiger partial charge in [-0.05, 0) is 43.3 Å². The third-order valence-electron chi connectivity index (χ3n) is 3.84. The molecule has 1 amide bonds. The molecule has 4 aromatic rings. The Morgan fingerprint density at radius 1 is 0.963 bits per heavy atom. The van der Waals surface area contributed by atoms with Crippen molar-refractivity contribution in [2.24, 2.45) is 0 Å². The summed E-state index contributed by atoms with van der Waals surface area (Å²) in [5.41, 5.74) is 2.66. The lowest BCUT2D eigenvalue weighted by atomic mass is 10.1. The van der Waals surface area contributed by atoms with Crippen LogP contribution in [0, 0.1) is 6.92 Å². The van der Waals surface area contributed by atoms with Gasteiger partial charge in [0.2, 0.25) is 0 Å². The van der Waals surface area contributed by atoms with Crippen molar-refractivity contribution in [1.82, 2.24) is 20.1 Å². The summed E-state index contributed by atoms with van der Waals surface area (Å²) in [6.07, 6.45) is 3.33. The van der Waals surface area contributed by atoms with E-state index in [9.17, 15) is 4.79 Å². The first kappa shape index (κ1) is 16.6. The molecule has 0 fully saturated rings. The minimum Gasteiger partial charge on any atom is -0.334 e. The SMILES string of the molecule is Cc1noc(-c2cccc(NC(=O)c3cccc(-c4ncccn4)c3)c2)n1. The molecule has 0 saturated heterocycles. The number of aryl methyl sites for hydroxylation is 1. The highest BCUT2D eigenvalue weighted by Crippen LogP contribution is 2.22. The molecule has 0 radical (unpaired) electrons. The van der Waals surface area contributed by atoms with Gasteiger partial charge in [0.1, 0.15) is 0 Å². The summed E-state index contributed by atoms with van der Waals surface area (Å²) in [5.74, 6) is 1.30. The van der Waals surface area contributed by atoms with Gasteiger partial charge in [-0.1, -0.05) is 23.4 Å². The highest BCUT2D eigenvalue weighted by Gasteiger charge is 2.11. The van der Waals surface area contributed by atoms with E-state index >= 15 is 0 Å². The summed E-state index contributed by atoms with van der Waals surface area (Å²) >= 11 is 0. The number of anilines is 1. The van der Waals surface area contributed by atoms with Crippen LogP contribution < -0.4 is 5.32 Å². The zero-order chi connectivity index (χ0) is 18.6. The van der Waals surface area contributed by atoms with E-state index in [4.69, 9.17) is 4.52 Å². The first-order valence-corrected chi connectivity index (χ1v) is 8.28. The van der Waals surface area contributed by atoms with Crippen molar-refractivity contribution in [3.63, 3.8) is 0 Å². The molecule has 0 saturated carbocycles. The summed E-state index contributed by atoms with van der Waals surface area (Å²) in [5, 5.41) is 6.67. The highest BCUT2D eigenvalue weighted by molar-refractivity contribution is 6.05. The average Bonchev–Trinajstić information content (AvgIpc) is 3.15. The summed E-state index contributed by atoms with van der Waals surface area (Å²) in [6.45, 7) is 1.75. The minimum absolute atomic E-state index is 0.230. The fourth-order valence-corrected chi connectivity index (χ4v) is 2.60. The Bertz CT molecular complexity index is 1090. The monoisotopic (exact) mass is 357 g/mol. The molecule has 0 atom stereocenters. The lowest BCUT2D eigenvalue weighted by molar-refractivity contribution is 0.102. The van der Waals surface area contributed by atoms with Crippen molar-refractivity contribution in [2.75, 3.05) is 5.32 Å². The van der Waals surface area contributed by atoms with Crippen molar-refractivity contribution < 1.29 is 9.32 Å². The third kappa shape index (κ3) is 3.72. The number of benzene rings is 2. The molecule has 0 unspecified atom stereocenters. The highest BCUT2D eigenvalue weighted by atomic mass is 16.5. The molecule has 2 aromatic heterocycles. The molecule has 0 bridgehead atoms. The maximum Gasteiger partial charge on any atom is 0.257 e. The number of aromatic nitrogens is 4. The lowest BCUT2D eigenvalue weighted by Crippen LogP contribution is -2.12. The average molecular weight is 357 g/mol. The van der Waals surface area contributed by atoms with Gasteiger partial charge in [-0.2, -0.15) is 4.98 Å². The van der Waals surface area contributed by atoms with Crippen LogP contribution in [0.1, 0.15) is 16.2 Å². The number of carbonyl (C=O) groups is 1. The van der Waals surface area contributed by atoms with Crippen LogP contribution in [-0.2, 0) is 0 Å². The third-order valence-corrected chi connectivity index (χ3v) is 3.84. The van der Waals surface area contributed by atoms with E-state index in [0.717, 1.165) is 11.1 Å². The number of carbonyl (C=O) groups excluding carboxylic acids is 1. The van der Waals surface area contributed by atoms with Gasteiger partial charge in [0.05, 0.1) is 0 Å².